The van der Waals surface area contributed by atoms with Crippen LogP contribution in [0.1, 0.15) is 20.7 Å². The van der Waals surface area contributed by atoms with Crippen LogP contribution >= 0.6 is 0 Å². The molecule has 0 aliphatic rings. The van der Waals surface area contributed by atoms with Crippen LogP contribution < -0.4 is 29.6 Å². The number of benzene rings is 2. The first kappa shape index (κ1) is 20.9. The van der Waals surface area contributed by atoms with Crippen LogP contribution in [0.25, 0.3) is 0 Å². The lowest BCUT2D eigenvalue weighted by Gasteiger charge is -2.14. The smallest absolute Gasteiger partial charge is 0.258 e. The van der Waals surface area contributed by atoms with Gasteiger partial charge in [0.15, 0.2) is 0 Å². The van der Waals surface area contributed by atoms with Crippen molar-refractivity contribution in [2.45, 2.75) is 0 Å². The van der Waals surface area contributed by atoms with E-state index < -0.39 is 0 Å². The highest BCUT2D eigenvalue weighted by Crippen LogP contribution is 2.28. The Bertz CT molecular complexity index is 723. The van der Waals surface area contributed by atoms with Crippen LogP contribution in [0.5, 0.6) is 23.0 Å². The molecule has 0 aliphatic heterocycles. The lowest BCUT2D eigenvalue weighted by atomic mass is 10.1. The quantitative estimate of drug-likeness (QED) is 0.637. The molecule has 2 N–H and O–H groups in total. The predicted octanol–water partition coefficient (Wildman–Crippen LogP) is 1.88. The second-order valence-corrected chi connectivity index (χ2v) is 5.59. The summed E-state index contributed by atoms with van der Waals surface area (Å²) in [5.74, 6) is 0.885. The second kappa shape index (κ2) is 10.1. The van der Waals surface area contributed by atoms with Crippen molar-refractivity contribution in [1.82, 2.24) is 10.6 Å². The normalized spacial score (nSPS) is 10.0. The molecule has 0 spiro atoms. The predicted molar refractivity (Wildman–Crippen MR) is 104 cm³/mol. The molecule has 2 aromatic rings. The zero-order valence-electron chi connectivity index (χ0n) is 16.3. The third kappa shape index (κ3) is 4.64. The molecule has 2 rings (SSSR count). The minimum atomic E-state index is -0.363. The van der Waals surface area contributed by atoms with Gasteiger partial charge in [-0.15, -0.1) is 0 Å². The maximum atomic E-state index is 12.5. The van der Waals surface area contributed by atoms with Crippen molar-refractivity contribution in [3.05, 3.63) is 47.5 Å². The van der Waals surface area contributed by atoms with Gasteiger partial charge in [-0.1, -0.05) is 12.1 Å². The van der Waals surface area contributed by atoms with E-state index in [0.717, 1.165) is 0 Å². The van der Waals surface area contributed by atoms with E-state index >= 15 is 0 Å². The van der Waals surface area contributed by atoms with Crippen molar-refractivity contribution in [2.24, 2.45) is 0 Å². The SMILES string of the molecule is COc1cccc(OC)c1C(=O)NCCNC(=O)c1c(OC)cccc1OC. The first-order chi connectivity index (χ1) is 13.6. The van der Waals surface area contributed by atoms with Gasteiger partial charge in [-0.05, 0) is 24.3 Å². The molecule has 0 saturated heterocycles. The van der Waals surface area contributed by atoms with Crippen LogP contribution in [-0.4, -0.2) is 53.3 Å². The standard InChI is InChI=1S/C20H24N2O6/c1-25-13-7-5-8-14(26-2)17(13)19(23)21-11-12-22-20(24)18-15(27-3)9-6-10-16(18)28-4/h5-10H,11-12H2,1-4H3,(H,21,23)(H,22,24). The molecule has 8 heteroatoms. The minimum absolute atomic E-state index is 0.212. The summed E-state index contributed by atoms with van der Waals surface area (Å²) < 4.78 is 20.9. The highest BCUT2D eigenvalue weighted by Gasteiger charge is 2.19. The summed E-state index contributed by atoms with van der Waals surface area (Å²) in [7, 11) is 5.91. The molecule has 2 amide bonds. The fourth-order valence-electron chi connectivity index (χ4n) is 2.68. The fraction of sp³-hybridized carbons (Fsp3) is 0.300. The number of carbonyl (C=O) groups is 2. The van der Waals surface area contributed by atoms with Gasteiger partial charge in [0.1, 0.15) is 34.1 Å². The Hall–Kier alpha value is -3.42. The number of ether oxygens (including phenoxy) is 4. The summed E-state index contributed by atoms with van der Waals surface area (Å²) in [6.45, 7) is 0.423. The first-order valence-electron chi connectivity index (χ1n) is 8.55. The molecule has 28 heavy (non-hydrogen) atoms. The molecule has 0 fully saturated rings. The molecule has 0 unspecified atom stereocenters. The van der Waals surface area contributed by atoms with E-state index in [1.165, 1.54) is 28.4 Å². The molecule has 150 valence electrons. The molecule has 8 nitrogen and oxygen atoms in total. The first-order valence-corrected chi connectivity index (χ1v) is 8.55. The number of rotatable bonds is 9. The van der Waals surface area contributed by atoms with E-state index in [2.05, 4.69) is 10.6 Å². The van der Waals surface area contributed by atoms with Crippen LogP contribution in [0.3, 0.4) is 0 Å². The topological polar surface area (TPSA) is 95.1 Å². The van der Waals surface area contributed by atoms with Crippen LogP contribution in [0.4, 0.5) is 0 Å². The van der Waals surface area contributed by atoms with Gasteiger partial charge in [0.25, 0.3) is 11.8 Å². The van der Waals surface area contributed by atoms with Gasteiger partial charge >= 0.3 is 0 Å². The zero-order valence-corrected chi connectivity index (χ0v) is 16.3. The average Bonchev–Trinajstić information content (AvgIpc) is 2.74. The maximum absolute atomic E-state index is 12.5. The molecule has 0 atom stereocenters. The minimum Gasteiger partial charge on any atom is -0.496 e. The molecule has 0 aliphatic carbocycles. The third-order valence-corrected chi connectivity index (χ3v) is 4.01. The van der Waals surface area contributed by atoms with Crippen molar-refractivity contribution in [3.8, 4) is 23.0 Å². The van der Waals surface area contributed by atoms with Crippen LogP contribution in [0, 0.1) is 0 Å². The summed E-state index contributed by atoms with van der Waals surface area (Å²) in [5.41, 5.74) is 0.593. The molecule has 0 saturated carbocycles. The summed E-state index contributed by atoms with van der Waals surface area (Å²) in [5, 5.41) is 5.47. The third-order valence-electron chi connectivity index (χ3n) is 4.01. The molecule has 2 aromatic carbocycles. The lowest BCUT2D eigenvalue weighted by Crippen LogP contribution is -2.35. The van der Waals surface area contributed by atoms with Gasteiger partial charge in [0.2, 0.25) is 0 Å². The summed E-state index contributed by atoms with van der Waals surface area (Å²) in [6.07, 6.45) is 0. The van der Waals surface area contributed by atoms with E-state index in [0.29, 0.717) is 34.1 Å². The molecule has 0 radical (unpaired) electrons. The second-order valence-electron chi connectivity index (χ2n) is 5.59. The highest BCUT2D eigenvalue weighted by molar-refractivity contribution is 6.00. The monoisotopic (exact) mass is 388 g/mol. The van der Waals surface area contributed by atoms with Crippen molar-refractivity contribution < 1.29 is 28.5 Å². The number of methoxy groups -OCH3 is 4. The Balaban J connectivity index is 1.99. The van der Waals surface area contributed by atoms with Gasteiger partial charge in [-0.3, -0.25) is 9.59 Å². The Kier molecular flexibility index (Phi) is 7.50. The van der Waals surface area contributed by atoms with Crippen molar-refractivity contribution in [3.63, 3.8) is 0 Å². The molecule has 0 aromatic heterocycles. The summed E-state index contributed by atoms with van der Waals surface area (Å²) in [4.78, 5) is 25.0. The van der Waals surface area contributed by atoms with Crippen LogP contribution in [0.15, 0.2) is 36.4 Å². The van der Waals surface area contributed by atoms with Crippen molar-refractivity contribution >= 4 is 11.8 Å². The van der Waals surface area contributed by atoms with Gasteiger partial charge < -0.3 is 29.6 Å². The number of hydrogen-bond acceptors (Lipinski definition) is 6. The van der Waals surface area contributed by atoms with E-state index in [1.807, 2.05) is 0 Å². The maximum Gasteiger partial charge on any atom is 0.258 e. The lowest BCUT2D eigenvalue weighted by molar-refractivity contribution is 0.0921. The Morgan fingerprint density at radius 1 is 0.643 bits per heavy atom. The van der Waals surface area contributed by atoms with Gasteiger partial charge in [-0.25, -0.2) is 0 Å². The van der Waals surface area contributed by atoms with E-state index in [-0.39, 0.29) is 24.9 Å². The number of carbonyl (C=O) groups excluding carboxylic acids is 2. The Morgan fingerprint density at radius 3 is 1.18 bits per heavy atom. The Labute approximate surface area is 163 Å². The molecule has 0 heterocycles. The molecule has 0 bridgehead atoms. The van der Waals surface area contributed by atoms with Gasteiger partial charge in [0, 0.05) is 13.1 Å². The van der Waals surface area contributed by atoms with E-state index in [9.17, 15) is 9.59 Å². The molecular weight excluding hydrogens is 364 g/mol. The largest absolute Gasteiger partial charge is 0.496 e. The van der Waals surface area contributed by atoms with E-state index in [4.69, 9.17) is 18.9 Å². The highest BCUT2D eigenvalue weighted by atomic mass is 16.5. The zero-order chi connectivity index (χ0) is 20.5. The Morgan fingerprint density at radius 2 is 0.929 bits per heavy atom. The average molecular weight is 388 g/mol. The van der Waals surface area contributed by atoms with E-state index in [1.54, 1.807) is 36.4 Å². The van der Waals surface area contributed by atoms with Gasteiger partial charge in [-0.2, -0.15) is 0 Å². The summed E-state index contributed by atoms with van der Waals surface area (Å²) in [6, 6.07) is 10.2. The number of hydrogen-bond donors (Lipinski definition) is 2. The number of amides is 2. The van der Waals surface area contributed by atoms with Gasteiger partial charge in [0.05, 0.1) is 28.4 Å². The van der Waals surface area contributed by atoms with Crippen LogP contribution in [0.2, 0.25) is 0 Å². The molecular formula is C20H24N2O6. The van der Waals surface area contributed by atoms with Crippen molar-refractivity contribution in [1.29, 1.82) is 0 Å². The fourth-order valence-corrected chi connectivity index (χ4v) is 2.68. The summed E-state index contributed by atoms with van der Waals surface area (Å²) >= 11 is 0. The van der Waals surface area contributed by atoms with Crippen molar-refractivity contribution in [2.75, 3.05) is 41.5 Å². The number of nitrogens with one attached hydrogen (secondary N) is 2. The van der Waals surface area contributed by atoms with Crippen LogP contribution in [-0.2, 0) is 0 Å².